The predicted octanol–water partition coefficient (Wildman–Crippen LogP) is 15.3. The average Bonchev–Trinajstić information content (AvgIpc) is 3.14. The van der Waals surface area contributed by atoms with Crippen molar-refractivity contribution in [2.45, 2.75) is 271 Å². The van der Waals surface area contributed by atoms with Crippen molar-refractivity contribution in [2.24, 2.45) is 0 Å². The van der Waals surface area contributed by atoms with Crippen molar-refractivity contribution in [1.29, 1.82) is 0 Å². The Kier molecular flexibility index (Phi) is 43.4. The average molecular weight is 737 g/mol. The maximum atomic E-state index is 12.6. The number of rotatable bonds is 44. The fourth-order valence-electron chi connectivity index (χ4n) is 7.10. The summed E-state index contributed by atoms with van der Waals surface area (Å²) in [7, 11) is 0. The fraction of sp³-hybridized carbons (Fsp3) is 0.957. The van der Waals surface area contributed by atoms with Crippen molar-refractivity contribution in [1.82, 2.24) is 0 Å². The van der Waals surface area contributed by atoms with Gasteiger partial charge in [0.05, 0.1) is 6.61 Å². The molecule has 0 saturated carbocycles. The highest BCUT2D eigenvalue weighted by atomic mass is 16.6. The number of esters is 2. The molecule has 0 aromatic heterocycles. The highest BCUT2D eigenvalue weighted by Gasteiger charge is 2.17. The van der Waals surface area contributed by atoms with Crippen LogP contribution in [0.2, 0.25) is 0 Å². The third-order valence-corrected chi connectivity index (χ3v) is 10.6. The quantitative estimate of drug-likeness (QED) is 0.0460. The maximum absolute atomic E-state index is 12.6. The van der Waals surface area contributed by atoms with Crippen LogP contribution in [0.25, 0.3) is 0 Å². The van der Waals surface area contributed by atoms with Gasteiger partial charge in [-0.15, -0.1) is 0 Å². The Labute approximate surface area is 325 Å². The molecule has 52 heavy (non-hydrogen) atoms. The number of hydrogen-bond donors (Lipinski definition) is 0. The minimum atomic E-state index is -0.520. The molecule has 1 unspecified atom stereocenters. The molecule has 0 aliphatic rings. The van der Waals surface area contributed by atoms with E-state index in [-0.39, 0.29) is 18.5 Å². The van der Waals surface area contributed by atoms with Gasteiger partial charge in [-0.25, -0.2) is 0 Å². The lowest BCUT2D eigenvalue weighted by molar-refractivity contribution is -0.163. The van der Waals surface area contributed by atoms with E-state index < -0.39 is 6.10 Å². The summed E-state index contributed by atoms with van der Waals surface area (Å²) in [5.74, 6) is -0.385. The van der Waals surface area contributed by atoms with E-state index in [0.29, 0.717) is 26.1 Å². The summed E-state index contributed by atoms with van der Waals surface area (Å²) < 4.78 is 17.3. The van der Waals surface area contributed by atoms with Gasteiger partial charge in [0, 0.05) is 19.4 Å². The number of carbonyl (C=O) groups excluding carboxylic acids is 2. The highest BCUT2D eigenvalue weighted by Crippen LogP contribution is 2.16. The van der Waals surface area contributed by atoms with Gasteiger partial charge in [-0.1, -0.05) is 233 Å². The van der Waals surface area contributed by atoms with Crippen LogP contribution in [0.4, 0.5) is 0 Å². The maximum Gasteiger partial charge on any atom is 0.306 e. The van der Waals surface area contributed by atoms with Crippen LogP contribution in [0, 0.1) is 0 Å². The molecule has 1 atom stereocenters. The molecule has 0 aromatic carbocycles. The van der Waals surface area contributed by atoms with Crippen LogP contribution in [-0.2, 0) is 23.8 Å². The minimum absolute atomic E-state index is 0.0960. The molecule has 0 bridgehead atoms. The van der Waals surface area contributed by atoms with Gasteiger partial charge in [0.1, 0.15) is 6.61 Å². The molecule has 0 aromatic rings. The van der Waals surface area contributed by atoms with E-state index in [1.54, 1.807) is 0 Å². The molecule has 0 amide bonds. The summed E-state index contributed by atoms with van der Waals surface area (Å²) in [5.41, 5.74) is 0. The number of carbonyl (C=O) groups is 2. The van der Waals surface area contributed by atoms with Gasteiger partial charge in [-0.05, 0) is 19.3 Å². The van der Waals surface area contributed by atoms with E-state index in [0.717, 1.165) is 32.1 Å². The van der Waals surface area contributed by atoms with E-state index in [2.05, 4.69) is 20.8 Å². The Hall–Kier alpha value is -1.10. The van der Waals surface area contributed by atoms with E-state index in [4.69, 9.17) is 14.2 Å². The zero-order chi connectivity index (χ0) is 37.8. The second-order valence-corrected chi connectivity index (χ2v) is 16.0. The normalized spacial score (nSPS) is 12.0. The van der Waals surface area contributed by atoms with Crippen LogP contribution in [0.3, 0.4) is 0 Å². The lowest BCUT2D eigenvalue weighted by atomic mass is 10.0. The Morgan fingerprint density at radius 2 is 0.635 bits per heavy atom. The third kappa shape index (κ3) is 41.7. The summed E-state index contributed by atoms with van der Waals surface area (Å²) in [4.78, 5) is 25.1. The van der Waals surface area contributed by atoms with Crippen LogP contribution in [-0.4, -0.2) is 37.9 Å². The SMILES string of the molecule is CCCCCCCCCCCCCCCCCCCCOCC(COC(=O)CCCCCCCCCCCCC)OC(=O)CCCCCCCCC. The Balaban J connectivity index is 4.04. The third-order valence-electron chi connectivity index (χ3n) is 10.6. The predicted molar refractivity (Wildman–Crippen MR) is 224 cm³/mol. The molecule has 0 saturated heterocycles. The monoisotopic (exact) mass is 737 g/mol. The summed E-state index contributed by atoms with van der Waals surface area (Å²) >= 11 is 0. The van der Waals surface area contributed by atoms with Gasteiger partial charge in [-0.3, -0.25) is 9.59 Å². The number of unbranched alkanes of at least 4 members (excludes halogenated alkanes) is 33. The van der Waals surface area contributed by atoms with E-state index >= 15 is 0 Å². The first-order valence-electron chi connectivity index (χ1n) is 23.6. The summed E-state index contributed by atoms with van der Waals surface area (Å²) in [6.45, 7) is 7.84. The van der Waals surface area contributed by atoms with Gasteiger partial charge in [0.25, 0.3) is 0 Å². The second-order valence-electron chi connectivity index (χ2n) is 16.0. The van der Waals surface area contributed by atoms with Gasteiger partial charge >= 0.3 is 11.9 Å². The first kappa shape index (κ1) is 50.9. The molecule has 0 radical (unpaired) electrons. The molecule has 310 valence electrons. The molecule has 0 spiro atoms. The van der Waals surface area contributed by atoms with E-state index in [1.165, 1.54) is 199 Å². The van der Waals surface area contributed by atoms with Gasteiger partial charge < -0.3 is 14.2 Å². The van der Waals surface area contributed by atoms with Crippen molar-refractivity contribution in [3.63, 3.8) is 0 Å². The summed E-state index contributed by atoms with van der Waals surface area (Å²) in [5, 5.41) is 0. The van der Waals surface area contributed by atoms with E-state index in [9.17, 15) is 9.59 Å². The van der Waals surface area contributed by atoms with Gasteiger partial charge in [0.15, 0.2) is 6.10 Å². The first-order chi connectivity index (χ1) is 25.6. The number of ether oxygens (including phenoxy) is 3. The largest absolute Gasteiger partial charge is 0.462 e. The van der Waals surface area contributed by atoms with Crippen LogP contribution >= 0.6 is 0 Å². The van der Waals surface area contributed by atoms with Crippen molar-refractivity contribution >= 4 is 11.9 Å². The van der Waals surface area contributed by atoms with Crippen molar-refractivity contribution in [3.8, 4) is 0 Å². The molecule has 5 heteroatoms. The Bertz CT molecular complexity index is 710. The molecule has 0 fully saturated rings. The molecule has 0 aliphatic heterocycles. The molecular formula is C47H92O5. The van der Waals surface area contributed by atoms with Gasteiger partial charge in [-0.2, -0.15) is 0 Å². The fourth-order valence-corrected chi connectivity index (χ4v) is 7.10. The van der Waals surface area contributed by atoms with Crippen molar-refractivity contribution in [3.05, 3.63) is 0 Å². The molecular weight excluding hydrogens is 645 g/mol. The highest BCUT2D eigenvalue weighted by molar-refractivity contribution is 5.70. The van der Waals surface area contributed by atoms with Crippen molar-refractivity contribution < 1.29 is 23.8 Å². The smallest absolute Gasteiger partial charge is 0.306 e. The Morgan fingerprint density at radius 3 is 0.981 bits per heavy atom. The summed E-state index contributed by atoms with van der Waals surface area (Å²) in [6, 6.07) is 0. The minimum Gasteiger partial charge on any atom is -0.462 e. The van der Waals surface area contributed by atoms with Gasteiger partial charge in [0.2, 0.25) is 0 Å². The molecule has 0 aliphatic carbocycles. The standard InChI is InChI=1S/C47H92O5/c1-4-7-10-13-16-18-20-21-22-23-24-25-26-28-30-33-36-39-42-50-43-45(52-47(49)41-38-35-31-15-12-9-6-3)44-51-46(48)40-37-34-32-29-27-19-17-14-11-8-5-2/h45H,4-44H2,1-3H3. The lowest BCUT2D eigenvalue weighted by Crippen LogP contribution is -2.30. The molecule has 0 heterocycles. The first-order valence-corrected chi connectivity index (χ1v) is 23.6. The zero-order valence-electron chi connectivity index (χ0n) is 35.6. The number of hydrogen-bond acceptors (Lipinski definition) is 5. The summed E-state index contributed by atoms with van der Waals surface area (Å²) in [6.07, 6.45) is 46.9. The molecule has 0 rings (SSSR count). The lowest BCUT2D eigenvalue weighted by Gasteiger charge is -2.18. The van der Waals surface area contributed by atoms with Crippen LogP contribution in [0.5, 0.6) is 0 Å². The van der Waals surface area contributed by atoms with E-state index in [1.807, 2.05) is 0 Å². The van der Waals surface area contributed by atoms with Crippen molar-refractivity contribution in [2.75, 3.05) is 19.8 Å². The topological polar surface area (TPSA) is 61.8 Å². The second kappa shape index (κ2) is 44.3. The Morgan fingerprint density at radius 1 is 0.346 bits per heavy atom. The zero-order valence-corrected chi connectivity index (χ0v) is 35.6. The molecule has 0 N–H and O–H groups in total. The van der Waals surface area contributed by atoms with Crippen LogP contribution < -0.4 is 0 Å². The van der Waals surface area contributed by atoms with Crippen LogP contribution in [0.1, 0.15) is 265 Å². The van der Waals surface area contributed by atoms with Crippen LogP contribution in [0.15, 0.2) is 0 Å². The molecule has 5 nitrogen and oxygen atoms in total.